The first kappa shape index (κ1) is 20.4. The average Bonchev–Trinajstić information content (AvgIpc) is 3.30. The molecule has 6 nitrogen and oxygen atoms in total. The molecule has 1 aliphatic heterocycles. The highest BCUT2D eigenvalue weighted by Crippen LogP contribution is 2.32. The van der Waals surface area contributed by atoms with E-state index in [1.807, 2.05) is 43.3 Å². The Morgan fingerprint density at radius 3 is 2.58 bits per heavy atom. The highest BCUT2D eigenvalue weighted by Gasteiger charge is 2.33. The number of fused-ring (bicyclic) bond motifs is 1. The van der Waals surface area contributed by atoms with Gasteiger partial charge in [-0.15, -0.1) is 0 Å². The van der Waals surface area contributed by atoms with E-state index in [1.54, 1.807) is 10.4 Å². The topological polar surface area (TPSA) is 76.3 Å². The number of nitrogens with zero attached hydrogens (tertiary/aromatic N) is 3. The summed E-state index contributed by atoms with van der Waals surface area (Å²) in [5.74, 6) is 0.971. The van der Waals surface area contributed by atoms with Crippen LogP contribution in [-0.4, -0.2) is 36.0 Å². The molecule has 0 amide bonds. The molecule has 0 saturated carbocycles. The molecule has 2 aliphatic rings. The standard InChI is InChI=1S/C24H27N3O3S/c1-17-8-10-19(11-9-17)23-25-24(30-26-23)21-7-4-14-27(16-21)31(28,29)22-13-12-18-5-2-3-6-20(18)15-22/h8-13,15,21H,2-7,14,16H2,1H3. The van der Waals surface area contributed by atoms with Crippen LogP contribution in [0.2, 0.25) is 0 Å². The first-order valence-electron chi connectivity index (χ1n) is 11.0. The van der Waals surface area contributed by atoms with Crippen LogP contribution in [-0.2, 0) is 22.9 Å². The van der Waals surface area contributed by atoms with Crippen molar-refractivity contribution in [2.45, 2.75) is 56.3 Å². The Morgan fingerprint density at radius 2 is 1.77 bits per heavy atom. The highest BCUT2D eigenvalue weighted by atomic mass is 32.2. The molecule has 5 rings (SSSR count). The zero-order valence-electron chi connectivity index (χ0n) is 17.8. The van der Waals surface area contributed by atoms with Crippen molar-refractivity contribution in [3.63, 3.8) is 0 Å². The van der Waals surface area contributed by atoms with Crippen molar-refractivity contribution in [1.82, 2.24) is 14.4 Å². The molecule has 2 aromatic carbocycles. The van der Waals surface area contributed by atoms with E-state index >= 15 is 0 Å². The van der Waals surface area contributed by atoms with Crippen molar-refractivity contribution >= 4 is 10.0 Å². The third kappa shape index (κ3) is 4.04. The summed E-state index contributed by atoms with van der Waals surface area (Å²) in [7, 11) is -3.54. The number of sulfonamides is 1. The monoisotopic (exact) mass is 437 g/mol. The number of benzene rings is 2. The van der Waals surface area contributed by atoms with Gasteiger partial charge in [-0.2, -0.15) is 9.29 Å². The van der Waals surface area contributed by atoms with Crippen LogP contribution in [0.15, 0.2) is 51.9 Å². The van der Waals surface area contributed by atoms with E-state index in [0.717, 1.165) is 37.7 Å². The summed E-state index contributed by atoms with van der Waals surface area (Å²) in [6, 6.07) is 13.6. The predicted octanol–water partition coefficient (Wildman–Crippen LogP) is 4.49. The molecule has 7 heteroatoms. The molecule has 0 radical (unpaired) electrons. The maximum absolute atomic E-state index is 13.4. The molecule has 1 fully saturated rings. The second-order valence-corrected chi connectivity index (χ2v) is 10.6. The summed E-state index contributed by atoms with van der Waals surface area (Å²) < 4.78 is 33.9. The van der Waals surface area contributed by atoms with Gasteiger partial charge in [0.25, 0.3) is 0 Å². The zero-order chi connectivity index (χ0) is 21.4. The summed E-state index contributed by atoms with van der Waals surface area (Å²) >= 11 is 0. The minimum absolute atomic E-state index is 0.0900. The van der Waals surface area contributed by atoms with Gasteiger partial charge in [-0.05, 0) is 68.7 Å². The second-order valence-electron chi connectivity index (χ2n) is 8.66. The fraction of sp³-hybridized carbons (Fsp3) is 0.417. The molecule has 0 spiro atoms. The maximum Gasteiger partial charge on any atom is 0.243 e. The minimum Gasteiger partial charge on any atom is -0.339 e. The molecular weight excluding hydrogens is 410 g/mol. The van der Waals surface area contributed by atoms with Crippen molar-refractivity contribution in [2.75, 3.05) is 13.1 Å². The Balaban J connectivity index is 1.36. The number of hydrogen-bond donors (Lipinski definition) is 0. The van der Waals surface area contributed by atoms with Crippen LogP contribution in [0.4, 0.5) is 0 Å². The Hall–Kier alpha value is -2.51. The molecule has 2 heterocycles. The summed E-state index contributed by atoms with van der Waals surface area (Å²) in [6.07, 6.45) is 5.93. The van der Waals surface area contributed by atoms with Crippen molar-refractivity contribution < 1.29 is 12.9 Å². The van der Waals surface area contributed by atoms with Crippen molar-refractivity contribution in [3.05, 3.63) is 65.0 Å². The van der Waals surface area contributed by atoms with E-state index in [9.17, 15) is 8.42 Å². The molecule has 1 unspecified atom stereocenters. The van der Waals surface area contributed by atoms with Gasteiger partial charge in [0.2, 0.25) is 21.7 Å². The summed E-state index contributed by atoms with van der Waals surface area (Å²) in [5, 5.41) is 4.13. The van der Waals surface area contributed by atoms with Crippen LogP contribution in [0.1, 0.15) is 54.2 Å². The smallest absolute Gasteiger partial charge is 0.243 e. The third-order valence-corrected chi connectivity index (χ3v) is 8.30. The lowest BCUT2D eigenvalue weighted by atomic mass is 9.92. The van der Waals surface area contributed by atoms with Gasteiger partial charge in [0.15, 0.2) is 0 Å². The van der Waals surface area contributed by atoms with Gasteiger partial charge in [0.05, 0.1) is 10.8 Å². The van der Waals surface area contributed by atoms with Crippen LogP contribution in [0, 0.1) is 6.92 Å². The average molecular weight is 438 g/mol. The van der Waals surface area contributed by atoms with E-state index in [1.165, 1.54) is 23.1 Å². The highest BCUT2D eigenvalue weighted by molar-refractivity contribution is 7.89. The lowest BCUT2D eigenvalue weighted by Gasteiger charge is -2.30. The van der Waals surface area contributed by atoms with Gasteiger partial charge < -0.3 is 4.52 Å². The Morgan fingerprint density at radius 1 is 1.00 bits per heavy atom. The molecule has 0 bridgehead atoms. The fourth-order valence-electron chi connectivity index (χ4n) is 4.60. The molecule has 3 aromatic rings. The Kier molecular flexibility index (Phi) is 5.40. The molecule has 31 heavy (non-hydrogen) atoms. The van der Waals surface area contributed by atoms with Crippen LogP contribution >= 0.6 is 0 Å². The normalized spacial score (nSPS) is 19.8. The third-order valence-electron chi connectivity index (χ3n) is 6.44. The van der Waals surface area contributed by atoms with Gasteiger partial charge in [-0.1, -0.05) is 41.1 Å². The number of hydrogen-bond acceptors (Lipinski definition) is 5. The first-order chi connectivity index (χ1) is 15.0. The maximum atomic E-state index is 13.4. The van der Waals surface area contributed by atoms with E-state index in [4.69, 9.17) is 4.52 Å². The number of piperidine rings is 1. The number of aromatic nitrogens is 2. The lowest BCUT2D eigenvalue weighted by Crippen LogP contribution is -2.39. The van der Waals surface area contributed by atoms with Crippen LogP contribution < -0.4 is 0 Å². The van der Waals surface area contributed by atoms with Gasteiger partial charge in [0, 0.05) is 18.7 Å². The number of rotatable bonds is 4. The quantitative estimate of drug-likeness (QED) is 0.601. The predicted molar refractivity (Wildman–Crippen MR) is 118 cm³/mol. The Bertz CT molecular complexity index is 1190. The summed E-state index contributed by atoms with van der Waals surface area (Å²) in [5.41, 5.74) is 4.54. The van der Waals surface area contributed by atoms with Crippen LogP contribution in [0.5, 0.6) is 0 Å². The molecule has 1 aromatic heterocycles. The van der Waals surface area contributed by atoms with E-state index in [-0.39, 0.29) is 5.92 Å². The fourth-order valence-corrected chi connectivity index (χ4v) is 6.18. The largest absolute Gasteiger partial charge is 0.339 e. The first-order valence-corrected chi connectivity index (χ1v) is 12.5. The molecular formula is C24H27N3O3S. The SMILES string of the molecule is Cc1ccc(-c2noc(C3CCCN(S(=O)(=O)c4ccc5c(c4)CCCC5)C3)n2)cc1. The van der Waals surface area contributed by atoms with Crippen molar-refractivity contribution in [1.29, 1.82) is 0 Å². The van der Waals surface area contributed by atoms with Crippen molar-refractivity contribution in [2.24, 2.45) is 0 Å². The van der Waals surface area contributed by atoms with Crippen LogP contribution in [0.3, 0.4) is 0 Å². The van der Waals surface area contributed by atoms with E-state index in [2.05, 4.69) is 10.1 Å². The van der Waals surface area contributed by atoms with Gasteiger partial charge in [-0.3, -0.25) is 0 Å². The van der Waals surface area contributed by atoms with E-state index in [0.29, 0.717) is 29.7 Å². The molecule has 1 saturated heterocycles. The van der Waals surface area contributed by atoms with Gasteiger partial charge >= 0.3 is 0 Å². The molecule has 0 N–H and O–H groups in total. The Labute approximate surface area is 183 Å². The molecule has 1 atom stereocenters. The summed E-state index contributed by atoms with van der Waals surface area (Å²) in [6.45, 7) is 2.93. The summed E-state index contributed by atoms with van der Waals surface area (Å²) in [4.78, 5) is 4.98. The van der Waals surface area contributed by atoms with Crippen LogP contribution in [0.25, 0.3) is 11.4 Å². The lowest BCUT2D eigenvalue weighted by molar-refractivity contribution is 0.265. The zero-order valence-corrected chi connectivity index (χ0v) is 18.6. The minimum atomic E-state index is -3.54. The van der Waals surface area contributed by atoms with Gasteiger partial charge in [-0.25, -0.2) is 8.42 Å². The van der Waals surface area contributed by atoms with Gasteiger partial charge in [0.1, 0.15) is 0 Å². The number of aryl methyl sites for hydroxylation is 3. The molecule has 1 aliphatic carbocycles. The van der Waals surface area contributed by atoms with E-state index < -0.39 is 10.0 Å². The second kappa shape index (κ2) is 8.20. The molecule has 162 valence electrons. The van der Waals surface area contributed by atoms with Crippen molar-refractivity contribution in [3.8, 4) is 11.4 Å².